The topological polar surface area (TPSA) is 32.3 Å². The second-order valence-corrected chi connectivity index (χ2v) is 5.44. The van der Waals surface area contributed by atoms with Gasteiger partial charge in [-0.2, -0.15) is 0 Å². The minimum Gasteiger partial charge on any atom is -0.396 e. The van der Waals surface area contributed by atoms with Crippen molar-refractivity contribution in [1.82, 2.24) is 5.32 Å². The predicted molar refractivity (Wildman–Crippen MR) is 62.4 cm³/mol. The molecular weight excluding hydrogens is 174 g/mol. The number of rotatable bonds is 7. The first-order chi connectivity index (χ1) is 6.39. The number of hydrogen-bond acceptors (Lipinski definition) is 2. The molecule has 2 heteroatoms. The van der Waals surface area contributed by atoms with E-state index in [0.29, 0.717) is 5.41 Å². The average Bonchev–Trinajstić information content (AvgIpc) is 2.17. The summed E-state index contributed by atoms with van der Waals surface area (Å²) < 4.78 is 0. The first-order valence-corrected chi connectivity index (χ1v) is 5.71. The number of aliphatic hydroxyl groups is 1. The zero-order valence-electron chi connectivity index (χ0n) is 10.5. The molecular formula is C12H27NO. The summed E-state index contributed by atoms with van der Waals surface area (Å²) in [6.45, 7) is 13.2. The SMILES string of the molecule is CCC(C)(C)CNCC(C)(CC)CO. The van der Waals surface area contributed by atoms with E-state index in [0.717, 1.165) is 19.5 Å². The predicted octanol–water partition coefficient (Wildman–Crippen LogP) is 2.42. The van der Waals surface area contributed by atoms with Crippen molar-refractivity contribution in [1.29, 1.82) is 0 Å². The summed E-state index contributed by atoms with van der Waals surface area (Å²) >= 11 is 0. The van der Waals surface area contributed by atoms with Crippen LogP contribution in [0.25, 0.3) is 0 Å². The zero-order chi connectivity index (χ0) is 11.2. The average molecular weight is 201 g/mol. The molecule has 0 heterocycles. The molecule has 1 atom stereocenters. The van der Waals surface area contributed by atoms with Gasteiger partial charge in [0.1, 0.15) is 0 Å². The molecule has 0 fully saturated rings. The quantitative estimate of drug-likeness (QED) is 0.663. The second-order valence-electron chi connectivity index (χ2n) is 5.44. The molecule has 0 spiro atoms. The van der Waals surface area contributed by atoms with E-state index in [-0.39, 0.29) is 12.0 Å². The van der Waals surface area contributed by atoms with E-state index in [4.69, 9.17) is 0 Å². The van der Waals surface area contributed by atoms with Crippen LogP contribution in [0.4, 0.5) is 0 Å². The highest BCUT2D eigenvalue weighted by Crippen LogP contribution is 2.21. The van der Waals surface area contributed by atoms with Gasteiger partial charge < -0.3 is 10.4 Å². The van der Waals surface area contributed by atoms with Crippen LogP contribution >= 0.6 is 0 Å². The Kier molecular flexibility index (Phi) is 5.68. The summed E-state index contributed by atoms with van der Waals surface area (Å²) in [6.07, 6.45) is 2.20. The lowest BCUT2D eigenvalue weighted by Crippen LogP contribution is -2.38. The highest BCUT2D eigenvalue weighted by Gasteiger charge is 2.22. The molecule has 0 aliphatic heterocycles. The monoisotopic (exact) mass is 201 g/mol. The van der Waals surface area contributed by atoms with Crippen LogP contribution in [0.5, 0.6) is 0 Å². The Bertz CT molecular complexity index is 150. The van der Waals surface area contributed by atoms with Gasteiger partial charge in [0.2, 0.25) is 0 Å². The number of aliphatic hydroxyl groups excluding tert-OH is 1. The fourth-order valence-corrected chi connectivity index (χ4v) is 1.12. The van der Waals surface area contributed by atoms with Gasteiger partial charge in [-0.05, 0) is 18.3 Å². The Balaban J connectivity index is 3.83. The van der Waals surface area contributed by atoms with Crippen molar-refractivity contribution in [3.8, 4) is 0 Å². The molecule has 0 rings (SSSR count). The largest absolute Gasteiger partial charge is 0.396 e. The van der Waals surface area contributed by atoms with E-state index >= 15 is 0 Å². The van der Waals surface area contributed by atoms with E-state index in [1.807, 2.05) is 0 Å². The van der Waals surface area contributed by atoms with Crippen LogP contribution in [0.2, 0.25) is 0 Å². The van der Waals surface area contributed by atoms with Crippen LogP contribution in [0.15, 0.2) is 0 Å². The van der Waals surface area contributed by atoms with E-state index in [1.54, 1.807) is 0 Å². The van der Waals surface area contributed by atoms with Crippen LogP contribution in [0.1, 0.15) is 47.5 Å². The van der Waals surface area contributed by atoms with Crippen molar-refractivity contribution in [2.24, 2.45) is 10.8 Å². The third-order valence-corrected chi connectivity index (χ3v) is 3.35. The fourth-order valence-electron chi connectivity index (χ4n) is 1.12. The molecule has 0 aromatic heterocycles. The minimum atomic E-state index is 0.0455. The van der Waals surface area contributed by atoms with Gasteiger partial charge in [-0.3, -0.25) is 0 Å². The van der Waals surface area contributed by atoms with E-state index in [2.05, 4.69) is 39.9 Å². The van der Waals surface area contributed by atoms with Gasteiger partial charge in [0.15, 0.2) is 0 Å². The Morgan fingerprint density at radius 3 is 1.93 bits per heavy atom. The van der Waals surface area contributed by atoms with Crippen LogP contribution in [0, 0.1) is 10.8 Å². The molecule has 2 nitrogen and oxygen atoms in total. The molecule has 0 radical (unpaired) electrons. The van der Waals surface area contributed by atoms with Gasteiger partial charge in [-0.1, -0.05) is 34.6 Å². The van der Waals surface area contributed by atoms with Crippen molar-refractivity contribution in [2.45, 2.75) is 47.5 Å². The Morgan fingerprint density at radius 1 is 1.00 bits per heavy atom. The van der Waals surface area contributed by atoms with Gasteiger partial charge in [-0.15, -0.1) is 0 Å². The van der Waals surface area contributed by atoms with Gasteiger partial charge in [0, 0.05) is 25.1 Å². The fraction of sp³-hybridized carbons (Fsp3) is 1.00. The van der Waals surface area contributed by atoms with E-state index in [1.165, 1.54) is 6.42 Å². The summed E-state index contributed by atoms with van der Waals surface area (Å²) in [5.41, 5.74) is 0.411. The Hall–Kier alpha value is -0.0800. The normalized spacial score (nSPS) is 16.7. The van der Waals surface area contributed by atoms with Crippen molar-refractivity contribution < 1.29 is 5.11 Å². The molecule has 0 aliphatic carbocycles. The molecule has 14 heavy (non-hydrogen) atoms. The minimum absolute atomic E-state index is 0.0455. The number of hydrogen-bond donors (Lipinski definition) is 2. The molecule has 86 valence electrons. The molecule has 0 amide bonds. The lowest BCUT2D eigenvalue weighted by Gasteiger charge is -2.29. The summed E-state index contributed by atoms with van der Waals surface area (Å²) in [6, 6.07) is 0. The van der Waals surface area contributed by atoms with Crippen molar-refractivity contribution in [3.63, 3.8) is 0 Å². The van der Waals surface area contributed by atoms with Crippen molar-refractivity contribution in [2.75, 3.05) is 19.7 Å². The molecule has 0 saturated carbocycles. The van der Waals surface area contributed by atoms with Crippen LogP contribution < -0.4 is 5.32 Å². The maximum Gasteiger partial charge on any atom is 0.0496 e. The lowest BCUT2D eigenvalue weighted by atomic mass is 9.86. The number of nitrogens with one attached hydrogen (secondary N) is 1. The van der Waals surface area contributed by atoms with Gasteiger partial charge in [-0.25, -0.2) is 0 Å². The first-order valence-electron chi connectivity index (χ1n) is 5.71. The maximum absolute atomic E-state index is 9.23. The van der Waals surface area contributed by atoms with Crippen LogP contribution in [0.3, 0.4) is 0 Å². The molecule has 0 aromatic carbocycles. The van der Waals surface area contributed by atoms with Gasteiger partial charge >= 0.3 is 0 Å². The van der Waals surface area contributed by atoms with Crippen molar-refractivity contribution in [3.05, 3.63) is 0 Å². The smallest absolute Gasteiger partial charge is 0.0496 e. The summed E-state index contributed by atoms with van der Waals surface area (Å²) in [7, 11) is 0. The third kappa shape index (κ3) is 4.97. The molecule has 1 unspecified atom stereocenters. The summed E-state index contributed by atoms with van der Waals surface area (Å²) in [4.78, 5) is 0. The lowest BCUT2D eigenvalue weighted by molar-refractivity contribution is 0.131. The molecule has 2 N–H and O–H groups in total. The first kappa shape index (κ1) is 13.9. The molecule has 0 aromatic rings. The molecule has 0 saturated heterocycles. The Morgan fingerprint density at radius 2 is 1.57 bits per heavy atom. The molecule has 0 bridgehead atoms. The Labute approximate surface area is 89.1 Å². The van der Waals surface area contributed by atoms with Crippen LogP contribution in [-0.2, 0) is 0 Å². The van der Waals surface area contributed by atoms with E-state index in [9.17, 15) is 5.11 Å². The van der Waals surface area contributed by atoms with Gasteiger partial charge in [0.05, 0.1) is 0 Å². The van der Waals surface area contributed by atoms with E-state index < -0.39 is 0 Å². The summed E-state index contributed by atoms with van der Waals surface area (Å²) in [5.74, 6) is 0. The third-order valence-electron chi connectivity index (χ3n) is 3.35. The maximum atomic E-state index is 9.23. The standard InChI is InChI=1S/C12H27NO/c1-6-11(3,4)8-13-9-12(5,7-2)10-14/h13-14H,6-10H2,1-5H3. The van der Waals surface area contributed by atoms with Crippen LogP contribution in [-0.4, -0.2) is 24.8 Å². The molecule has 0 aliphatic rings. The van der Waals surface area contributed by atoms with Gasteiger partial charge in [0.25, 0.3) is 0 Å². The highest BCUT2D eigenvalue weighted by molar-refractivity contribution is 4.77. The van der Waals surface area contributed by atoms with Crippen molar-refractivity contribution >= 4 is 0 Å². The second kappa shape index (κ2) is 5.72. The zero-order valence-corrected chi connectivity index (χ0v) is 10.5. The summed E-state index contributed by atoms with van der Waals surface area (Å²) in [5, 5.41) is 12.7. The highest BCUT2D eigenvalue weighted by atomic mass is 16.3.